The van der Waals surface area contributed by atoms with Gasteiger partial charge in [0.1, 0.15) is 5.92 Å². The second kappa shape index (κ2) is 8.89. The van der Waals surface area contributed by atoms with Gasteiger partial charge in [0.25, 0.3) is 5.91 Å². The van der Waals surface area contributed by atoms with Crippen molar-refractivity contribution in [2.45, 2.75) is 19.4 Å². The summed E-state index contributed by atoms with van der Waals surface area (Å²) in [6, 6.07) is 13.5. The SMILES string of the molecule is Cc1ccc(C(=O)C2C(=O)C(=O)N(CCC[NH+](C)C)C2c2ccc(Cl)cc2)cc1. The average molecular weight is 414 g/mol. The molecule has 1 N–H and O–H groups in total. The number of quaternary nitrogens is 1. The van der Waals surface area contributed by atoms with Gasteiger partial charge < -0.3 is 9.80 Å². The maximum Gasteiger partial charge on any atom is 0.291 e. The number of hydrogen-bond acceptors (Lipinski definition) is 3. The van der Waals surface area contributed by atoms with E-state index >= 15 is 0 Å². The molecule has 29 heavy (non-hydrogen) atoms. The number of rotatable bonds is 7. The van der Waals surface area contributed by atoms with Crippen LogP contribution in [0.2, 0.25) is 5.02 Å². The van der Waals surface area contributed by atoms with Gasteiger partial charge in [0, 0.05) is 23.6 Å². The van der Waals surface area contributed by atoms with Gasteiger partial charge in [-0.05, 0) is 24.6 Å². The standard InChI is InChI=1S/C23H25ClN2O3/c1-15-5-7-17(8-6-15)21(27)19-20(16-9-11-18(24)12-10-16)26(23(29)22(19)28)14-4-13-25(2)3/h5-12,19-20H,4,13-14H2,1-3H3/p+1. The number of benzene rings is 2. The number of likely N-dealkylation sites (tertiary alicyclic amines) is 1. The lowest BCUT2D eigenvalue weighted by atomic mass is 9.86. The summed E-state index contributed by atoms with van der Waals surface area (Å²) in [4.78, 5) is 41.8. The smallest absolute Gasteiger partial charge is 0.291 e. The lowest BCUT2D eigenvalue weighted by molar-refractivity contribution is -0.858. The van der Waals surface area contributed by atoms with Crippen molar-refractivity contribution < 1.29 is 19.3 Å². The van der Waals surface area contributed by atoms with Crippen molar-refractivity contribution >= 4 is 29.1 Å². The lowest BCUT2D eigenvalue weighted by Crippen LogP contribution is -3.05. The second-order valence-corrected chi connectivity index (χ2v) is 8.31. The summed E-state index contributed by atoms with van der Waals surface area (Å²) < 4.78 is 0. The van der Waals surface area contributed by atoms with Crippen molar-refractivity contribution in [2.75, 3.05) is 27.2 Å². The molecule has 0 aromatic heterocycles. The molecule has 2 unspecified atom stereocenters. The third-order valence-corrected chi connectivity index (χ3v) is 5.56. The molecule has 2 aromatic carbocycles. The zero-order valence-corrected chi connectivity index (χ0v) is 17.7. The van der Waals surface area contributed by atoms with E-state index in [-0.39, 0.29) is 5.78 Å². The van der Waals surface area contributed by atoms with Crippen LogP contribution < -0.4 is 4.90 Å². The van der Waals surface area contributed by atoms with Crippen LogP contribution in [0.3, 0.4) is 0 Å². The van der Waals surface area contributed by atoms with Gasteiger partial charge in [0.2, 0.25) is 5.78 Å². The Bertz CT molecular complexity index is 907. The predicted molar refractivity (Wildman–Crippen MR) is 112 cm³/mol. The molecule has 5 nitrogen and oxygen atoms in total. The molecular formula is C23H26ClN2O3+. The highest BCUT2D eigenvalue weighted by atomic mass is 35.5. The molecule has 0 spiro atoms. The molecule has 0 aliphatic carbocycles. The van der Waals surface area contributed by atoms with Crippen molar-refractivity contribution in [2.24, 2.45) is 5.92 Å². The molecule has 1 heterocycles. The van der Waals surface area contributed by atoms with E-state index in [0.717, 1.165) is 24.1 Å². The summed E-state index contributed by atoms with van der Waals surface area (Å²) in [5.41, 5.74) is 2.22. The van der Waals surface area contributed by atoms with Crippen LogP contribution >= 0.6 is 11.6 Å². The number of nitrogens with zero attached hydrogens (tertiary/aromatic N) is 1. The predicted octanol–water partition coefficient (Wildman–Crippen LogP) is 2.13. The Morgan fingerprint density at radius 2 is 1.66 bits per heavy atom. The minimum atomic E-state index is -1.04. The number of aryl methyl sites for hydroxylation is 1. The topological polar surface area (TPSA) is 58.9 Å². The number of Topliss-reactive ketones (excluding diaryl/α,β-unsaturated/α-hetero) is 2. The van der Waals surface area contributed by atoms with Crippen molar-refractivity contribution in [3.8, 4) is 0 Å². The van der Waals surface area contributed by atoms with Crippen molar-refractivity contribution in [1.82, 2.24) is 4.90 Å². The Labute approximate surface area is 176 Å². The molecule has 6 heteroatoms. The van der Waals surface area contributed by atoms with Gasteiger partial charge in [0.05, 0.1) is 26.7 Å². The number of nitrogens with one attached hydrogen (secondary N) is 1. The van der Waals surface area contributed by atoms with E-state index in [4.69, 9.17) is 11.6 Å². The first-order valence-corrected chi connectivity index (χ1v) is 10.2. The van der Waals surface area contributed by atoms with Gasteiger partial charge >= 0.3 is 0 Å². The molecule has 152 valence electrons. The summed E-state index contributed by atoms with van der Waals surface area (Å²) in [5.74, 6) is -2.57. The van der Waals surface area contributed by atoms with Crippen LogP contribution in [-0.2, 0) is 9.59 Å². The molecule has 0 bridgehead atoms. The number of hydrogen-bond donors (Lipinski definition) is 1. The molecule has 3 rings (SSSR count). The molecular weight excluding hydrogens is 388 g/mol. The van der Waals surface area contributed by atoms with Gasteiger partial charge in [-0.3, -0.25) is 14.4 Å². The van der Waals surface area contributed by atoms with Crippen LogP contribution in [0.5, 0.6) is 0 Å². The largest absolute Gasteiger partial charge is 0.340 e. The Kier molecular flexibility index (Phi) is 6.50. The van der Waals surface area contributed by atoms with E-state index in [1.807, 2.05) is 33.2 Å². The minimum absolute atomic E-state index is 0.316. The zero-order valence-electron chi connectivity index (χ0n) is 16.9. The highest BCUT2D eigenvalue weighted by Crippen LogP contribution is 2.38. The summed E-state index contributed by atoms with van der Waals surface area (Å²) >= 11 is 6.02. The summed E-state index contributed by atoms with van der Waals surface area (Å²) in [5, 5.41) is 0.563. The molecule has 1 amide bonds. The number of carbonyl (C=O) groups is 3. The van der Waals surface area contributed by atoms with Gasteiger partial charge in [0.15, 0.2) is 5.78 Å². The van der Waals surface area contributed by atoms with Crippen LogP contribution in [0.15, 0.2) is 48.5 Å². The number of carbonyl (C=O) groups excluding carboxylic acids is 3. The number of ketones is 2. The highest BCUT2D eigenvalue weighted by Gasteiger charge is 2.51. The molecule has 0 saturated carbocycles. The van der Waals surface area contributed by atoms with Crippen molar-refractivity contribution in [1.29, 1.82) is 0 Å². The van der Waals surface area contributed by atoms with Crippen LogP contribution in [0.4, 0.5) is 0 Å². The average Bonchev–Trinajstić information content (AvgIpc) is 2.93. The molecule has 1 fully saturated rings. The number of halogens is 1. The first-order chi connectivity index (χ1) is 13.8. The quantitative estimate of drug-likeness (QED) is 0.430. The van der Waals surface area contributed by atoms with Crippen molar-refractivity contribution in [3.05, 3.63) is 70.2 Å². The third kappa shape index (κ3) is 4.57. The minimum Gasteiger partial charge on any atom is -0.340 e. The summed E-state index contributed by atoms with van der Waals surface area (Å²) in [6.07, 6.45) is 0.747. The van der Waals surface area contributed by atoms with Crippen LogP contribution in [0, 0.1) is 12.8 Å². The molecule has 0 radical (unpaired) electrons. The molecule has 1 aliphatic rings. The third-order valence-electron chi connectivity index (χ3n) is 5.31. The van der Waals surface area contributed by atoms with E-state index in [1.165, 1.54) is 4.90 Å². The molecule has 2 atom stereocenters. The van der Waals surface area contributed by atoms with E-state index in [9.17, 15) is 14.4 Å². The summed E-state index contributed by atoms with van der Waals surface area (Å²) in [7, 11) is 4.08. The highest BCUT2D eigenvalue weighted by molar-refractivity contribution is 6.44. The van der Waals surface area contributed by atoms with Crippen molar-refractivity contribution in [3.63, 3.8) is 0 Å². The molecule has 2 aromatic rings. The zero-order chi connectivity index (χ0) is 21.1. The van der Waals surface area contributed by atoms with Gasteiger partial charge in [-0.1, -0.05) is 53.6 Å². The van der Waals surface area contributed by atoms with Gasteiger partial charge in [-0.2, -0.15) is 0 Å². The monoisotopic (exact) mass is 413 g/mol. The van der Waals surface area contributed by atoms with Crippen LogP contribution in [0.1, 0.15) is 33.9 Å². The lowest BCUT2D eigenvalue weighted by Gasteiger charge is -2.27. The van der Waals surface area contributed by atoms with Gasteiger partial charge in [-0.15, -0.1) is 0 Å². The Morgan fingerprint density at radius 1 is 1.03 bits per heavy atom. The maximum absolute atomic E-state index is 13.3. The van der Waals surface area contributed by atoms with E-state index in [1.54, 1.807) is 41.3 Å². The molecule has 1 saturated heterocycles. The fraction of sp³-hybridized carbons (Fsp3) is 0.348. The van der Waals surface area contributed by atoms with Gasteiger partial charge in [-0.25, -0.2) is 0 Å². The van der Waals surface area contributed by atoms with Crippen LogP contribution in [0.25, 0.3) is 0 Å². The molecule has 1 aliphatic heterocycles. The second-order valence-electron chi connectivity index (χ2n) is 7.88. The maximum atomic E-state index is 13.3. The van der Waals surface area contributed by atoms with Crippen LogP contribution in [-0.4, -0.2) is 49.6 Å². The Hall–Kier alpha value is -2.50. The normalized spacial score (nSPS) is 19.3. The number of amides is 1. The Morgan fingerprint density at radius 3 is 2.24 bits per heavy atom. The first kappa shape index (κ1) is 21.2. The first-order valence-electron chi connectivity index (χ1n) is 9.80. The van der Waals surface area contributed by atoms with E-state index < -0.39 is 23.7 Å². The van der Waals surface area contributed by atoms with E-state index in [0.29, 0.717) is 17.1 Å². The fourth-order valence-electron chi connectivity index (χ4n) is 3.76. The fourth-order valence-corrected chi connectivity index (χ4v) is 3.89. The van der Waals surface area contributed by atoms with E-state index in [2.05, 4.69) is 0 Å². The Balaban J connectivity index is 1.98. The summed E-state index contributed by atoms with van der Waals surface area (Å²) in [6.45, 7) is 3.23.